The molecule has 0 atom stereocenters. The number of hydrogen-bond acceptors (Lipinski definition) is 3. The Balaban J connectivity index is 1.72. The number of ether oxygens (including phenoxy) is 1. The molecule has 0 bridgehead atoms. The predicted molar refractivity (Wildman–Crippen MR) is 89.3 cm³/mol. The molecular formula is C19H14N2O2. The molecule has 0 heterocycles. The zero-order valence-corrected chi connectivity index (χ0v) is 12.3. The van der Waals surface area contributed by atoms with Crippen LogP contribution in [0.4, 0.5) is 5.69 Å². The van der Waals surface area contributed by atoms with Crippen molar-refractivity contribution in [2.45, 2.75) is 6.42 Å². The molecule has 0 aromatic heterocycles. The smallest absolute Gasteiger partial charge is 0.238 e. The number of nitriles is 1. The van der Waals surface area contributed by atoms with Gasteiger partial charge in [-0.15, -0.1) is 0 Å². The molecule has 1 N–H and O–H groups in total. The number of anilines is 1. The number of amides is 1. The fourth-order valence-electron chi connectivity index (χ4n) is 2.25. The first-order valence-electron chi connectivity index (χ1n) is 7.18. The van der Waals surface area contributed by atoms with E-state index in [4.69, 9.17) is 10.00 Å². The molecule has 0 radical (unpaired) electrons. The van der Waals surface area contributed by atoms with Gasteiger partial charge >= 0.3 is 0 Å². The number of carbonyl (C=O) groups is 1. The van der Waals surface area contributed by atoms with Gasteiger partial charge in [0.2, 0.25) is 5.91 Å². The average molecular weight is 302 g/mol. The van der Waals surface area contributed by atoms with E-state index in [9.17, 15) is 4.79 Å². The van der Waals surface area contributed by atoms with Crippen LogP contribution in [0.15, 0.2) is 66.7 Å². The van der Waals surface area contributed by atoms with Crippen molar-refractivity contribution in [1.82, 2.24) is 0 Å². The fraction of sp³-hybridized carbons (Fsp3) is 0.0526. The maximum Gasteiger partial charge on any atom is 0.238 e. The van der Waals surface area contributed by atoms with Crippen molar-refractivity contribution in [3.05, 3.63) is 66.7 Å². The molecule has 3 rings (SSSR count). The normalized spacial score (nSPS) is 10.0. The summed E-state index contributed by atoms with van der Waals surface area (Å²) in [5.41, 5.74) is 0.635. The molecule has 1 amide bonds. The largest absolute Gasteiger partial charge is 0.457 e. The van der Waals surface area contributed by atoms with Crippen LogP contribution in [-0.4, -0.2) is 5.91 Å². The van der Waals surface area contributed by atoms with Crippen molar-refractivity contribution in [3.8, 4) is 17.6 Å². The number of nitrogens with one attached hydrogen (secondary N) is 1. The van der Waals surface area contributed by atoms with E-state index in [1.54, 1.807) is 24.3 Å². The monoisotopic (exact) mass is 302 g/mol. The summed E-state index contributed by atoms with van der Waals surface area (Å²) in [5.74, 6) is 1.11. The number of fused-ring (bicyclic) bond motifs is 1. The van der Waals surface area contributed by atoms with Crippen molar-refractivity contribution in [2.24, 2.45) is 0 Å². The molecule has 0 saturated carbocycles. The first-order valence-corrected chi connectivity index (χ1v) is 7.18. The third-order valence-corrected chi connectivity index (χ3v) is 3.33. The highest BCUT2D eigenvalue weighted by Gasteiger charge is 2.03. The van der Waals surface area contributed by atoms with Gasteiger partial charge < -0.3 is 10.1 Å². The topological polar surface area (TPSA) is 62.1 Å². The summed E-state index contributed by atoms with van der Waals surface area (Å²) in [5, 5.41) is 13.4. The predicted octanol–water partition coefficient (Wildman–Crippen LogP) is 4.48. The van der Waals surface area contributed by atoms with Crippen molar-refractivity contribution in [3.63, 3.8) is 0 Å². The number of benzene rings is 3. The molecular weight excluding hydrogens is 288 g/mol. The maximum absolute atomic E-state index is 11.3. The van der Waals surface area contributed by atoms with Gasteiger partial charge in [0.1, 0.15) is 17.9 Å². The van der Waals surface area contributed by atoms with E-state index in [-0.39, 0.29) is 12.3 Å². The molecule has 0 spiro atoms. The Labute approximate surface area is 133 Å². The minimum Gasteiger partial charge on any atom is -0.457 e. The van der Waals surface area contributed by atoms with Crippen molar-refractivity contribution in [2.75, 3.05) is 5.32 Å². The lowest BCUT2D eigenvalue weighted by atomic mass is 10.1. The summed E-state index contributed by atoms with van der Waals surface area (Å²) in [6.45, 7) is 0. The number of hydrogen-bond donors (Lipinski definition) is 1. The Kier molecular flexibility index (Phi) is 4.21. The first kappa shape index (κ1) is 14.6. The molecule has 112 valence electrons. The quantitative estimate of drug-likeness (QED) is 0.772. The van der Waals surface area contributed by atoms with Crippen LogP contribution < -0.4 is 10.1 Å². The molecule has 23 heavy (non-hydrogen) atoms. The summed E-state index contributed by atoms with van der Waals surface area (Å²) in [6, 6.07) is 22.8. The molecule has 0 fully saturated rings. The Morgan fingerprint density at radius 2 is 1.65 bits per heavy atom. The molecule has 3 aromatic carbocycles. The maximum atomic E-state index is 11.3. The lowest BCUT2D eigenvalue weighted by molar-refractivity contribution is -0.115. The van der Waals surface area contributed by atoms with Gasteiger partial charge in [-0.05, 0) is 47.2 Å². The number of rotatable bonds is 4. The Morgan fingerprint density at radius 3 is 2.39 bits per heavy atom. The Morgan fingerprint density at radius 1 is 0.957 bits per heavy atom. The highest BCUT2D eigenvalue weighted by atomic mass is 16.5. The second-order valence-electron chi connectivity index (χ2n) is 5.02. The van der Waals surface area contributed by atoms with Crippen molar-refractivity contribution in [1.29, 1.82) is 5.26 Å². The van der Waals surface area contributed by atoms with Crippen LogP contribution in [0.1, 0.15) is 6.42 Å². The molecule has 4 heteroatoms. The van der Waals surface area contributed by atoms with Gasteiger partial charge in [0.15, 0.2) is 0 Å². The standard InChI is InChI=1S/C19H14N2O2/c20-12-11-19(22)21-16-6-9-17(10-7-16)23-18-8-5-14-3-1-2-4-15(14)13-18/h1-10,13H,11H2,(H,21,22). The minimum absolute atomic E-state index is 0.157. The highest BCUT2D eigenvalue weighted by Crippen LogP contribution is 2.26. The van der Waals surface area contributed by atoms with Crippen LogP contribution in [0.5, 0.6) is 11.5 Å². The third-order valence-electron chi connectivity index (χ3n) is 3.33. The Bertz CT molecular complexity index is 880. The summed E-state index contributed by atoms with van der Waals surface area (Å²) in [4.78, 5) is 11.3. The van der Waals surface area contributed by atoms with Gasteiger partial charge in [-0.3, -0.25) is 4.79 Å². The molecule has 0 saturated heterocycles. The van der Waals surface area contributed by atoms with Crippen molar-refractivity contribution >= 4 is 22.4 Å². The summed E-state index contributed by atoms with van der Waals surface area (Å²) in [6.07, 6.45) is -0.157. The van der Waals surface area contributed by atoms with Crippen molar-refractivity contribution < 1.29 is 9.53 Å². The lowest BCUT2D eigenvalue weighted by Crippen LogP contribution is -2.09. The van der Waals surface area contributed by atoms with Crippen LogP contribution in [-0.2, 0) is 4.79 Å². The molecule has 0 aliphatic rings. The summed E-state index contributed by atoms with van der Waals surface area (Å²) < 4.78 is 5.83. The SMILES string of the molecule is N#CCC(=O)Nc1ccc(Oc2ccc3ccccc3c2)cc1. The second kappa shape index (κ2) is 6.63. The molecule has 4 nitrogen and oxygen atoms in total. The van der Waals surface area contributed by atoms with Gasteiger partial charge in [-0.25, -0.2) is 0 Å². The van der Waals surface area contributed by atoms with E-state index in [0.29, 0.717) is 11.4 Å². The van der Waals surface area contributed by atoms with E-state index in [2.05, 4.69) is 11.4 Å². The number of carbonyl (C=O) groups excluding carboxylic acids is 1. The lowest BCUT2D eigenvalue weighted by Gasteiger charge is -2.08. The van der Waals surface area contributed by atoms with E-state index >= 15 is 0 Å². The van der Waals surface area contributed by atoms with E-state index in [1.165, 1.54) is 0 Å². The van der Waals surface area contributed by atoms with Crippen LogP contribution in [0.25, 0.3) is 10.8 Å². The van der Waals surface area contributed by atoms with Gasteiger partial charge in [-0.1, -0.05) is 30.3 Å². The Hall–Kier alpha value is -3.32. The second-order valence-corrected chi connectivity index (χ2v) is 5.02. The summed E-state index contributed by atoms with van der Waals surface area (Å²) in [7, 11) is 0. The van der Waals surface area contributed by atoms with Gasteiger partial charge in [0.05, 0.1) is 6.07 Å². The first-order chi connectivity index (χ1) is 11.2. The third kappa shape index (κ3) is 3.66. The van der Waals surface area contributed by atoms with Gasteiger partial charge in [0, 0.05) is 5.69 Å². The van der Waals surface area contributed by atoms with Crippen LogP contribution in [0.2, 0.25) is 0 Å². The molecule has 0 aliphatic carbocycles. The zero-order chi connectivity index (χ0) is 16.1. The highest BCUT2D eigenvalue weighted by molar-refractivity contribution is 5.92. The average Bonchev–Trinajstić information content (AvgIpc) is 2.57. The molecule has 0 aliphatic heterocycles. The van der Waals surface area contributed by atoms with E-state index < -0.39 is 0 Å². The van der Waals surface area contributed by atoms with Crippen LogP contribution in [0.3, 0.4) is 0 Å². The van der Waals surface area contributed by atoms with E-state index in [1.807, 2.05) is 42.5 Å². The number of nitrogens with zero attached hydrogens (tertiary/aromatic N) is 1. The van der Waals surface area contributed by atoms with Gasteiger partial charge in [-0.2, -0.15) is 5.26 Å². The summed E-state index contributed by atoms with van der Waals surface area (Å²) >= 11 is 0. The fourth-order valence-corrected chi connectivity index (χ4v) is 2.25. The molecule has 0 unspecified atom stereocenters. The minimum atomic E-state index is -0.323. The zero-order valence-electron chi connectivity index (χ0n) is 12.3. The van der Waals surface area contributed by atoms with Crippen LogP contribution in [0, 0.1) is 11.3 Å². The molecule has 3 aromatic rings. The van der Waals surface area contributed by atoms with E-state index in [0.717, 1.165) is 16.5 Å². The van der Waals surface area contributed by atoms with Crippen LogP contribution >= 0.6 is 0 Å². The van der Waals surface area contributed by atoms with Gasteiger partial charge in [0.25, 0.3) is 0 Å².